The van der Waals surface area contributed by atoms with Crippen molar-refractivity contribution in [3.63, 3.8) is 0 Å². The van der Waals surface area contributed by atoms with E-state index < -0.39 is 17.1 Å². The van der Waals surface area contributed by atoms with Crippen molar-refractivity contribution in [2.24, 2.45) is 11.5 Å². The molecule has 0 bridgehead atoms. The van der Waals surface area contributed by atoms with Crippen LogP contribution in [0.2, 0.25) is 0 Å². The summed E-state index contributed by atoms with van der Waals surface area (Å²) >= 11 is 1.08. The number of hydrogen-bond acceptors (Lipinski definition) is 9. The van der Waals surface area contributed by atoms with Crippen LogP contribution in [0, 0.1) is 22.7 Å². The highest BCUT2D eigenvalue weighted by Gasteiger charge is 2.34. The number of amides is 1. The molecule has 1 saturated heterocycles. The van der Waals surface area contributed by atoms with Gasteiger partial charge in [0.1, 0.15) is 34.3 Å². The number of nitriles is 2. The summed E-state index contributed by atoms with van der Waals surface area (Å²) < 4.78 is 5.21. The first kappa shape index (κ1) is 23.1. The number of carbonyl (C=O) groups is 2. The predicted molar refractivity (Wildman–Crippen MR) is 118 cm³/mol. The Balaban J connectivity index is 2.00. The number of nitrogens with two attached hydrogens (primary N) is 2. The number of carbonyl (C=O) groups excluding carboxylic acids is 2. The molecule has 2 heterocycles. The Kier molecular flexibility index (Phi) is 7.31. The Morgan fingerprint density at radius 3 is 2.44 bits per heavy atom. The highest BCUT2D eigenvalue weighted by molar-refractivity contribution is 8.00. The van der Waals surface area contributed by atoms with Crippen LogP contribution in [-0.4, -0.2) is 42.6 Å². The molecule has 9 nitrogen and oxygen atoms in total. The van der Waals surface area contributed by atoms with Gasteiger partial charge in [-0.25, -0.2) is 4.98 Å². The van der Waals surface area contributed by atoms with Crippen molar-refractivity contribution in [3.05, 3.63) is 52.6 Å². The second-order valence-electron chi connectivity index (χ2n) is 7.08. The number of aromatic nitrogens is 1. The third-order valence-corrected chi connectivity index (χ3v) is 6.29. The van der Waals surface area contributed by atoms with Gasteiger partial charge in [0, 0.05) is 0 Å². The third-order valence-electron chi connectivity index (χ3n) is 5.03. The molecule has 1 aliphatic heterocycles. The maximum Gasteiger partial charge on any atom is 0.320 e. The van der Waals surface area contributed by atoms with Gasteiger partial charge in [0.05, 0.1) is 30.8 Å². The van der Waals surface area contributed by atoms with E-state index in [4.69, 9.17) is 16.2 Å². The lowest BCUT2D eigenvalue weighted by Crippen LogP contribution is -2.54. The summed E-state index contributed by atoms with van der Waals surface area (Å²) in [6, 6.07) is 13.3. The zero-order valence-electron chi connectivity index (χ0n) is 17.4. The van der Waals surface area contributed by atoms with Gasteiger partial charge in [-0.05, 0) is 17.5 Å². The average molecular weight is 451 g/mol. The molecule has 2 aromatic rings. The fourth-order valence-electron chi connectivity index (χ4n) is 3.45. The van der Waals surface area contributed by atoms with Crippen molar-refractivity contribution in [1.82, 2.24) is 4.98 Å². The van der Waals surface area contributed by atoms with E-state index in [2.05, 4.69) is 17.1 Å². The largest absolute Gasteiger partial charge is 0.458 e. The van der Waals surface area contributed by atoms with Crippen LogP contribution in [0.4, 0.5) is 5.82 Å². The summed E-state index contributed by atoms with van der Waals surface area (Å²) in [6.45, 7) is 2.35. The van der Waals surface area contributed by atoms with Gasteiger partial charge in [-0.15, -0.1) is 0 Å². The third kappa shape index (κ3) is 4.67. The number of thioether (sulfide) groups is 1. The molecule has 1 atom stereocenters. The zero-order chi connectivity index (χ0) is 23.3. The van der Waals surface area contributed by atoms with E-state index >= 15 is 0 Å². The van der Waals surface area contributed by atoms with Crippen molar-refractivity contribution in [1.29, 1.82) is 10.5 Å². The molecular formula is C22H22N6O3S. The first-order valence-corrected chi connectivity index (χ1v) is 10.8. The molecule has 164 valence electrons. The number of nitrogens with zero attached hydrogens (tertiary/aromatic N) is 4. The molecule has 10 heteroatoms. The normalized spacial score (nSPS) is 14.1. The van der Waals surface area contributed by atoms with E-state index in [1.165, 1.54) is 0 Å². The van der Waals surface area contributed by atoms with Gasteiger partial charge < -0.3 is 21.1 Å². The number of ether oxygens (including phenoxy) is 1. The highest BCUT2D eigenvalue weighted by atomic mass is 32.2. The number of hydrogen-bond donors (Lipinski definition) is 2. The summed E-state index contributed by atoms with van der Waals surface area (Å²) in [5, 5.41) is 19.2. The first-order chi connectivity index (χ1) is 15.4. The van der Waals surface area contributed by atoms with E-state index in [1.54, 1.807) is 29.2 Å². The number of benzene rings is 1. The van der Waals surface area contributed by atoms with Crippen LogP contribution in [0.15, 0.2) is 35.4 Å². The van der Waals surface area contributed by atoms with E-state index in [-0.39, 0.29) is 18.2 Å². The SMILES string of the molecule is CCc1c(C#N)c(SC(C(N)=O)c2ccccc2)nc(N2CC(OC(=O)CN)C2)c1C#N. The lowest BCUT2D eigenvalue weighted by Gasteiger charge is -2.40. The standard InChI is InChI=1S/C22H22N6O3S/c1-2-15-16(8-23)21(28-11-14(12-28)31-18(29)10-25)27-22(17(15)9-24)32-19(20(26)30)13-6-4-3-5-7-13/h3-7,14,19H,2,10-12,25H2,1H3,(H2,26,30). The fraction of sp³-hybridized carbons (Fsp3) is 0.318. The fourth-order valence-corrected chi connectivity index (χ4v) is 4.51. The van der Waals surface area contributed by atoms with Crippen LogP contribution in [0.25, 0.3) is 0 Å². The monoisotopic (exact) mass is 450 g/mol. The summed E-state index contributed by atoms with van der Waals surface area (Å²) in [4.78, 5) is 30.0. The smallest absolute Gasteiger partial charge is 0.320 e. The van der Waals surface area contributed by atoms with E-state index in [9.17, 15) is 20.1 Å². The summed E-state index contributed by atoms with van der Waals surface area (Å²) in [6.07, 6.45) is 0.0832. The summed E-state index contributed by atoms with van der Waals surface area (Å²) in [5.41, 5.74) is 12.7. The van der Waals surface area contributed by atoms with Crippen LogP contribution in [-0.2, 0) is 20.7 Å². The Labute approximate surface area is 190 Å². The number of rotatable bonds is 8. The minimum absolute atomic E-state index is 0.205. The predicted octanol–water partition coefficient (Wildman–Crippen LogP) is 1.40. The summed E-state index contributed by atoms with van der Waals surface area (Å²) in [7, 11) is 0. The molecule has 4 N–H and O–H groups in total. The average Bonchev–Trinajstić information content (AvgIpc) is 2.78. The second kappa shape index (κ2) is 10.1. The molecule has 1 unspecified atom stereocenters. The topological polar surface area (TPSA) is 159 Å². The molecule has 32 heavy (non-hydrogen) atoms. The van der Waals surface area contributed by atoms with Gasteiger partial charge in [0.2, 0.25) is 5.91 Å². The quantitative estimate of drug-likeness (QED) is 0.447. The first-order valence-electron chi connectivity index (χ1n) is 9.95. The van der Waals surface area contributed by atoms with Gasteiger partial charge >= 0.3 is 5.97 Å². The Bertz CT molecular complexity index is 1100. The lowest BCUT2D eigenvalue weighted by atomic mass is 10.0. The molecule has 1 aromatic heterocycles. The molecule has 1 amide bonds. The van der Waals surface area contributed by atoms with E-state index in [1.807, 2.05) is 13.0 Å². The molecule has 1 aromatic carbocycles. The Morgan fingerprint density at radius 2 is 1.91 bits per heavy atom. The van der Waals surface area contributed by atoms with Crippen LogP contribution < -0.4 is 16.4 Å². The molecule has 0 saturated carbocycles. The second-order valence-corrected chi connectivity index (χ2v) is 8.17. The number of primary amides is 1. The van der Waals surface area contributed by atoms with Crippen LogP contribution in [0.1, 0.15) is 34.4 Å². The maximum absolute atomic E-state index is 12.2. The number of pyridine rings is 1. The molecule has 0 aliphatic carbocycles. The highest BCUT2D eigenvalue weighted by Crippen LogP contribution is 2.40. The minimum atomic E-state index is -0.754. The van der Waals surface area contributed by atoms with Crippen molar-refractivity contribution in [3.8, 4) is 12.1 Å². The minimum Gasteiger partial charge on any atom is -0.458 e. The van der Waals surface area contributed by atoms with Crippen molar-refractivity contribution in [2.75, 3.05) is 24.5 Å². The van der Waals surface area contributed by atoms with Crippen LogP contribution in [0.3, 0.4) is 0 Å². The van der Waals surface area contributed by atoms with Crippen molar-refractivity contribution >= 4 is 29.5 Å². The Morgan fingerprint density at radius 1 is 1.25 bits per heavy atom. The van der Waals surface area contributed by atoms with E-state index in [0.717, 1.165) is 11.8 Å². The van der Waals surface area contributed by atoms with Crippen LogP contribution >= 0.6 is 11.8 Å². The van der Waals surface area contributed by atoms with Gasteiger partial charge in [-0.2, -0.15) is 10.5 Å². The van der Waals surface area contributed by atoms with Crippen molar-refractivity contribution < 1.29 is 14.3 Å². The van der Waals surface area contributed by atoms with Gasteiger partial charge in [0.15, 0.2) is 0 Å². The molecule has 0 spiro atoms. The molecule has 1 aliphatic rings. The van der Waals surface area contributed by atoms with Gasteiger partial charge in [0.25, 0.3) is 0 Å². The summed E-state index contributed by atoms with van der Waals surface area (Å²) in [5.74, 6) is -0.670. The van der Waals surface area contributed by atoms with E-state index in [0.29, 0.717) is 47.0 Å². The van der Waals surface area contributed by atoms with Gasteiger partial charge in [-0.3, -0.25) is 9.59 Å². The lowest BCUT2D eigenvalue weighted by molar-refractivity contribution is -0.148. The molecular weight excluding hydrogens is 428 g/mol. The molecule has 0 radical (unpaired) electrons. The Hall–Kier alpha value is -3.60. The molecule has 3 rings (SSSR count). The molecule has 1 fully saturated rings. The van der Waals surface area contributed by atoms with Gasteiger partial charge in [-0.1, -0.05) is 49.0 Å². The van der Waals surface area contributed by atoms with Crippen molar-refractivity contribution in [2.45, 2.75) is 29.7 Å². The maximum atomic E-state index is 12.2. The zero-order valence-corrected chi connectivity index (χ0v) is 18.3. The number of anilines is 1. The van der Waals surface area contributed by atoms with Crippen LogP contribution in [0.5, 0.6) is 0 Å². The number of esters is 1.